The molecule has 0 saturated heterocycles. The van der Waals surface area contributed by atoms with Crippen LogP contribution in [0.3, 0.4) is 0 Å². The van der Waals surface area contributed by atoms with Gasteiger partial charge in [0.1, 0.15) is 29.6 Å². The van der Waals surface area contributed by atoms with Crippen LogP contribution in [0.1, 0.15) is 30.1 Å². The Kier molecular flexibility index (Phi) is 6.52. The van der Waals surface area contributed by atoms with E-state index in [1.807, 2.05) is 24.3 Å². The molecule has 0 aliphatic heterocycles. The number of hydrogen-bond donors (Lipinski definition) is 1. The molecule has 0 spiro atoms. The predicted octanol–water partition coefficient (Wildman–Crippen LogP) is 7.31. The molecule has 0 bridgehead atoms. The third kappa shape index (κ3) is 5.53. The van der Waals surface area contributed by atoms with Gasteiger partial charge >= 0.3 is 12.5 Å². The summed E-state index contributed by atoms with van der Waals surface area (Å²) >= 11 is 0. The van der Waals surface area contributed by atoms with Crippen LogP contribution in [0.2, 0.25) is 0 Å². The van der Waals surface area contributed by atoms with Crippen LogP contribution in [0.5, 0.6) is 17.4 Å². The zero-order valence-corrected chi connectivity index (χ0v) is 21.5. The molecule has 1 saturated carbocycles. The van der Waals surface area contributed by atoms with E-state index < -0.39 is 12.5 Å². The van der Waals surface area contributed by atoms with Crippen molar-refractivity contribution in [1.29, 1.82) is 0 Å². The molecule has 0 atom stereocenters. The monoisotopic (exact) mass is 565 g/mol. The lowest BCUT2D eigenvalue weighted by molar-refractivity contribution is -0.274. The van der Waals surface area contributed by atoms with Crippen molar-refractivity contribution in [2.24, 2.45) is 7.05 Å². The first kappa shape index (κ1) is 26.2. The third-order valence-corrected chi connectivity index (χ3v) is 6.71. The van der Waals surface area contributed by atoms with Crippen molar-refractivity contribution < 1.29 is 41.8 Å². The topological polar surface area (TPSA) is 109 Å². The van der Waals surface area contributed by atoms with E-state index in [0.29, 0.717) is 28.0 Å². The molecular formula is C29H22F3N3O6. The normalized spacial score (nSPS) is 13.4. The van der Waals surface area contributed by atoms with Crippen LogP contribution < -0.4 is 14.2 Å². The first-order valence-electron chi connectivity index (χ1n) is 12.6. The smallest absolute Gasteiger partial charge is 0.489 e. The van der Waals surface area contributed by atoms with Crippen LogP contribution in [0.15, 0.2) is 71.3 Å². The number of ether oxygens (including phenoxy) is 3. The van der Waals surface area contributed by atoms with E-state index in [9.17, 15) is 18.0 Å². The van der Waals surface area contributed by atoms with Gasteiger partial charge in [-0.3, -0.25) is 4.68 Å². The van der Waals surface area contributed by atoms with E-state index in [1.165, 1.54) is 18.2 Å². The van der Waals surface area contributed by atoms with E-state index in [4.69, 9.17) is 19.1 Å². The quantitative estimate of drug-likeness (QED) is 0.195. The summed E-state index contributed by atoms with van der Waals surface area (Å²) in [5, 5.41) is 17.7. The number of carboxylic acid groups (broad SMARTS) is 1. The zero-order chi connectivity index (χ0) is 28.7. The Morgan fingerprint density at radius 1 is 1.07 bits per heavy atom. The minimum absolute atomic E-state index is 0.0107. The van der Waals surface area contributed by atoms with Gasteiger partial charge < -0.3 is 23.8 Å². The molecule has 0 radical (unpaired) electrons. The fraction of sp³-hybridized carbons (Fsp3) is 0.207. The number of halogens is 3. The molecule has 2 heterocycles. The Bertz CT molecular complexity index is 1740. The zero-order valence-electron chi connectivity index (χ0n) is 21.5. The molecule has 0 unspecified atom stereocenters. The molecule has 41 heavy (non-hydrogen) atoms. The highest BCUT2D eigenvalue weighted by Crippen LogP contribution is 2.45. The number of hydrogen-bond acceptors (Lipinski definition) is 7. The number of benzene rings is 3. The molecule has 0 amide bonds. The largest absolute Gasteiger partial charge is 0.573 e. The molecule has 5 aromatic rings. The molecule has 1 fully saturated rings. The summed E-state index contributed by atoms with van der Waals surface area (Å²) in [5.41, 5.74) is 3.43. The number of alkyl halides is 3. The average Bonchev–Trinajstić information content (AvgIpc) is 3.62. The van der Waals surface area contributed by atoms with Gasteiger partial charge in [-0.05, 0) is 60.4 Å². The van der Waals surface area contributed by atoms with Crippen LogP contribution in [0.25, 0.3) is 33.3 Å². The van der Waals surface area contributed by atoms with E-state index in [2.05, 4.69) is 15.0 Å². The van der Waals surface area contributed by atoms with Crippen LogP contribution in [0, 0.1) is 0 Å². The van der Waals surface area contributed by atoms with Gasteiger partial charge in [-0.1, -0.05) is 35.5 Å². The number of carbonyl (C=O) groups is 1. The molecule has 6 rings (SSSR count). The minimum atomic E-state index is -4.85. The van der Waals surface area contributed by atoms with Gasteiger partial charge in [0.25, 0.3) is 5.88 Å². The lowest BCUT2D eigenvalue weighted by Gasteiger charge is -2.13. The van der Waals surface area contributed by atoms with Gasteiger partial charge in [-0.15, -0.1) is 18.3 Å². The van der Waals surface area contributed by atoms with Gasteiger partial charge in [0.05, 0.1) is 16.5 Å². The summed E-state index contributed by atoms with van der Waals surface area (Å²) in [6.07, 6.45) is -4.48. The fourth-order valence-corrected chi connectivity index (χ4v) is 4.68. The summed E-state index contributed by atoms with van der Waals surface area (Å²) in [6.45, 7) is 0.0394. The molecule has 2 aromatic heterocycles. The number of para-hydroxylation sites is 1. The number of aromatic nitrogens is 3. The first-order valence-corrected chi connectivity index (χ1v) is 12.6. The van der Waals surface area contributed by atoms with Crippen molar-refractivity contribution in [3.05, 3.63) is 78.1 Å². The third-order valence-electron chi connectivity index (χ3n) is 6.71. The number of fused-ring (bicyclic) bond motifs is 1. The Hall–Kier alpha value is -5.00. The number of nitrogens with zero attached hydrogens (tertiary/aromatic N) is 3. The Labute approximate surface area is 230 Å². The standard InChI is InChI=1S/C29H22F3N3O6/c1-35-23-14-18(10-13-20(23)27(33-35)39-28(36)37)16-8-11-19(12-9-16)38-15-22-25(34-41-26(22)17-6-7-17)21-4-2-3-5-24(21)40-29(30,31)32/h2-5,8-14,17H,6-7,15H2,1H3,(H,36,37). The van der Waals surface area contributed by atoms with Crippen LogP contribution in [-0.2, 0) is 13.7 Å². The second-order valence-electron chi connectivity index (χ2n) is 9.53. The Morgan fingerprint density at radius 3 is 2.51 bits per heavy atom. The van der Waals surface area contributed by atoms with Crippen molar-refractivity contribution >= 4 is 17.1 Å². The molecule has 1 N–H and O–H groups in total. The van der Waals surface area contributed by atoms with Gasteiger partial charge in [-0.25, -0.2) is 4.79 Å². The van der Waals surface area contributed by atoms with Crippen LogP contribution in [-0.4, -0.2) is 32.6 Å². The maximum absolute atomic E-state index is 13.0. The second-order valence-corrected chi connectivity index (χ2v) is 9.53. The van der Waals surface area contributed by atoms with Crippen molar-refractivity contribution in [1.82, 2.24) is 14.9 Å². The van der Waals surface area contributed by atoms with E-state index in [-0.39, 0.29) is 35.4 Å². The van der Waals surface area contributed by atoms with Crippen molar-refractivity contribution in [2.45, 2.75) is 31.7 Å². The van der Waals surface area contributed by atoms with E-state index in [0.717, 1.165) is 24.0 Å². The lowest BCUT2D eigenvalue weighted by atomic mass is 10.0. The molecule has 3 aromatic carbocycles. The van der Waals surface area contributed by atoms with Crippen LogP contribution in [0.4, 0.5) is 18.0 Å². The fourth-order valence-electron chi connectivity index (χ4n) is 4.68. The maximum Gasteiger partial charge on any atom is 0.573 e. The predicted molar refractivity (Wildman–Crippen MR) is 140 cm³/mol. The molecule has 9 nitrogen and oxygen atoms in total. The highest BCUT2D eigenvalue weighted by molar-refractivity contribution is 5.90. The Balaban J connectivity index is 1.24. The number of aryl methyl sites for hydroxylation is 1. The molecule has 1 aliphatic rings. The first-order chi connectivity index (χ1) is 19.7. The lowest BCUT2D eigenvalue weighted by Crippen LogP contribution is -2.17. The molecule has 12 heteroatoms. The summed E-state index contributed by atoms with van der Waals surface area (Å²) in [6, 6.07) is 18.6. The highest BCUT2D eigenvalue weighted by atomic mass is 19.4. The van der Waals surface area contributed by atoms with E-state index >= 15 is 0 Å². The summed E-state index contributed by atoms with van der Waals surface area (Å²) in [7, 11) is 1.69. The minimum Gasteiger partial charge on any atom is -0.489 e. The highest BCUT2D eigenvalue weighted by Gasteiger charge is 2.35. The van der Waals surface area contributed by atoms with Gasteiger partial charge in [-0.2, -0.15) is 0 Å². The van der Waals surface area contributed by atoms with Crippen molar-refractivity contribution in [2.75, 3.05) is 0 Å². The van der Waals surface area contributed by atoms with Crippen molar-refractivity contribution in [3.63, 3.8) is 0 Å². The molecule has 210 valence electrons. The SMILES string of the molecule is Cn1nc(OC(=O)O)c2ccc(-c3ccc(OCc4c(-c5ccccc5OC(F)(F)F)noc4C4CC4)cc3)cc21. The average molecular weight is 566 g/mol. The maximum atomic E-state index is 13.0. The van der Waals surface area contributed by atoms with E-state index in [1.54, 1.807) is 36.0 Å². The van der Waals surface area contributed by atoms with Gasteiger partial charge in [0.15, 0.2) is 0 Å². The summed E-state index contributed by atoms with van der Waals surface area (Å²) in [5.74, 6) is 0.941. The Morgan fingerprint density at radius 2 is 1.80 bits per heavy atom. The summed E-state index contributed by atoms with van der Waals surface area (Å²) < 4.78 is 61.2. The van der Waals surface area contributed by atoms with Crippen molar-refractivity contribution in [3.8, 4) is 39.8 Å². The second kappa shape index (κ2) is 10.2. The van der Waals surface area contributed by atoms with Gasteiger partial charge in [0, 0.05) is 18.5 Å². The summed E-state index contributed by atoms with van der Waals surface area (Å²) in [4.78, 5) is 10.9. The molecular weight excluding hydrogens is 543 g/mol. The number of rotatable bonds is 8. The van der Waals surface area contributed by atoms with Crippen LogP contribution >= 0.6 is 0 Å². The molecule has 1 aliphatic carbocycles. The van der Waals surface area contributed by atoms with Gasteiger partial charge in [0.2, 0.25) is 0 Å².